The molecule has 0 bridgehead atoms. The molecule has 0 spiro atoms. The number of aromatic amines is 1. The lowest BCUT2D eigenvalue weighted by Crippen LogP contribution is -2.36. The van der Waals surface area contributed by atoms with Crippen molar-refractivity contribution in [3.05, 3.63) is 71.4 Å². The van der Waals surface area contributed by atoms with Crippen LogP contribution in [0.1, 0.15) is 36.9 Å². The van der Waals surface area contributed by atoms with Crippen molar-refractivity contribution in [3.8, 4) is 5.75 Å². The maximum Gasteiger partial charge on any atom is 0.295 e. The monoisotopic (exact) mass is 446 g/mol. The van der Waals surface area contributed by atoms with Gasteiger partial charge in [-0.1, -0.05) is 30.3 Å². The smallest absolute Gasteiger partial charge is 0.295 e. The highest BCUT2D eigenvalue weighted by Crippen LogP contribution is 2.41. The summed E-state index contributed by atoms with van der Waals surface area (Å²) in [5.41, 5.74) is 2.16. The van der Waals surface area contributed by atoms with Crippen molar-refractivity contribution in [1.29, 1.82) is 0 Å². The number of aliphatic hydroxyl groups is 1. The van der Waals surface area contributed by atoms with Crippen LogP contribution in [0.2, 0.25) is 0 Å². The number of carbonyl (C=O) groups excluding carboxylic acids is 2. The number of ketones is 1. The molecule has 5 rings (SSSR count). The van der Waals surface area contributed by atoms with E-state index < -0.39 is 17.7 Å². The molecule has 7 nitrogen and oxygen atoms in total. The molecule has 3 aromatic rings. The Hall–Kier alpha value is -3.58. The molecule has 2 aromatic carbocycles. The maximum atomic E-state index is 13.2. The van der Waals surface area contributed by atoms with Gasteiger partial charge < -0.3 is 24.5 Å². The number of para-hydroxylation sites is 1. The Balaban J connectivity index is 1.63. The Morgan fingerprint density at radius 3 is 2.70 bits per heavy atom. The first-order valence-electron chi connectivity index (χ1n) is 11.3. The van der Waals surface area contributed by atoms with Gasteiger partial charge in [-0.3, -0.25) is 9.59 Å². The van der Waals surface area contributed by atoms with E-state index in [1.165, 1.54) is 4.90 Å². The predicted molar refractivity (Wildman–Crippen MR) is 124 cm³/mol. The topological polar surface area (TPSA) is 91.9 Å². The number of likely N-dealkylation sites (tertiary alicyclic amines) is 1. The van der Waals surface area contributed by atoms with E-state index in [1.807, 2.05) is 55.5 Å². The molecule has 170 valence electrons. The van der Waals surface area contributed by atoms with E-state index in [-0.39, 0.29) is 17.4 Å². The van der Waals surface area contributed by atoms with Gasteiger partial charge >= 0.3 is 0 Å². The highest BCUT2D eigenvalue weighted by Gasteiger charge is 2.47. The van der Waals surface area contributed by atoms with Crippen molar-refractivity contribution < 1.29 is 24.2 Å². The number of benzene rings is 2. The van der Waals surface area contributed by atoms with Gasteiger partial charge in [-0.05, 0) is 43.5 Å². The summed E-state index contributed by atoms with van der Waals surface area (Å²) in [6.45, 7) is 3.40. The number of rotatable bonds is 6. The lowest BCUT2D eigenvalue weighted by atomic mass is 9.95. The SMILES string of the molecule is CCOc1ccc(C2/C(=C(/O)c3c[nH]c4ccccc34)C(=O)C(=O)N2CC2CCCO2)cc1. The molecule has 1 amide bonds. The maximum absolute atomic E-state index is 13.2. The van der Waals surface area contributed by atoms with Gasteiger partial charge in [0.1, 0.15) is 11.5 Å². The minimum absolute atomic E-state index is 0.0897. The van der Waals surface area contributed by atoms with Crippen LogP contribution in [-0.2, 0) is 14.3 Å². The Labute approximate surface area is 191 Å². The first kappa shape index (κ1) is 21.3. The number of hydrogen-bond donors (Lipinski definition) is 2. The summed E-state index contributed by atoms with van der Waals surface area (Å²) >= 11 is 0. The second-order valence-corrected chi connectivity index (χ2v) is 8.34. The Morgan fingerprint density at radius 2 is 1.97 bits per heavy atom. The van der Waals surface area contributed by atoms with Crippen molar-refractivity contribution in [2.45, 2.75) is 31.9 Å². The summed E-state index contributed by atoms with van der Waals surface area (Å²) in [5, 5.41) is 12.1. The Kier molecular flexibility index (Phi) is 5.64. The molecule has 2 atom stereocenters. The summed E-state index contributed by atoms with van der Waals surface area (Å²) in [6.07, 6.45) is 3.31. The molecule has 1 aromatic heterocycles. The van der Waals surface area contributed by atoms with E-state index in [2.05, 4.69) is 4.98 Å². The molecule has 0 saturated carbocycles. The van der Waals surface area contributed by atoms with E-state index in [0.29, 0.717) is 31.1 Å². The molecule has 3 heterocycles. The number of ether oxygens (including phenoxy) is 2. The van der Waals surface area contributed by atoms with Crippen LogP contribution in [0.5, 0.6) is 5.75 Å². The average molecular weight is 447 g/mol. The number of aromatic nitrogens is 1. The predicted octanol–water partition coefficient (Wildman–Crippen LogP) is 4.17. The first-order valence-corrected chi connectivity index (χ1v) is 11.3. The summed E-state index contributed by atoms with van der Waals surface area (Å²) in [5.74, 6) is -0.783. The standard InChI is InChI=1S/C26H26N2O5/c1-2-32-17-11-9-16(10-12-17)23-22(24(29)20-14-27-21-8-4-3-7-19(20)21)25(30)26(31)28(23)15-18-6-5-13-33-18/h3-4,7-12,14,18,23,27,29H,2,5-6,13,15H2,1H3/b24-22-. The Bertz CT molecular complexity index is 1220. The van der Waals surface area contributed by atoms with Gasteiger partial charge in [-0.2, -0.15) is 0 Å². The normalized spacial score (nSPS) is 22.4. The third kappa shape index (κ3) is 3.78. The van der Waals surface area contributed by atoms with Gasteiger partial charge in [0.2, 0.25) is 0 Å². The summed E-state index contributed by atoms with van der Waals surface area (Å²) < 4.78 is 11.3. The van der Waals surface area contributed by atoms with Gasteiger partial charge in [-0.25, -0.2) is 0 Å². The van der Waals surface area contributed by atoms with E-state index in [4.69, 9.17) is 9.47 Å². The zero-order valence-corrected chi connectivity index (χ0v) is 18.4. The second kappa shape index (κ2) is 8.75. The fraction of sp³-hybridized carbons (Fsp3) is 0.308. The molecule has 2 aliphatic heterocycles. The van der Waals surface area contributed by atoms with Crippen LogP contribution in [0.25, 0.3) is 16.7 Å². The Morgan fingerprint density at radius 1 is 1.18 bits per heavy atom. The summed E-state index contributed by atoms with van der Waals surface area (Å²) in [4.78, 5) is 31.0. The molecule has 0 radical (unpaired) electrons. The molecule has 33 heavy (non-hydrogen) atoms. The number of aliphatic hydroxyl groups excluding tert-OH is 1. The zero-order valence-electron chi connectivity index (χ0n) is 18.4. The van der Waals surface area contributed by atoms with Crippen LogP contribution in [0.4, 0.5) is 0 Å². The quantitative estimate of drug-likeness (QED) is 0.337. The second-order valence-electron chi connectivity index (χ2n) is 8.34. The van der Waals surface area contributed by atoms with Gasteiger partial charge in [0.05, 0.1) is 24.3 Å². The van der Waals surface area contributed by atoms with E-state index >= 15 is 0 Å². The van der Waals surface area contributed by atoms with Crippen molar-refractivity contribution in [2.75, 3.05) is 19.8 Å². The zero-order chi connectivity index (χ0) is 22.9. The van der Waals surface area contributed by atoms with Crippen LogP contribution in [0.3, 0.4) is 0 Å². The molecular formula is C26H26N2O5. The molecule has 2 saturated heterocycles. The highest BCUT2D eigenvalue weighted by molar-refractivity contribution is 6.46. The molecule has 7 heteroatoms. The van der Waals surface area contributed by atoms with Crippen LogP contribution in [0, 0.1) is 0 Å². The lowest BCUT2D eigenvalue weighted by molar-refractivity contribution is -0.140. The van der Waals surface area contributed by atoms with Crippen LogP contribution in [0.15, 0.2) is 60.3 Å². The molecule has 2 aliphatic rings. The van der Waals surface area contributed by atoms with Crippen molar-refractivity contribution in [1.82, 2.24) is 9.88 Å². The van der Waals surface area contributed by atoms with Crippen LogP contribution < -0.4 is 4.74 Å². The summed E-state index contributed by atoms with van der Waals surface area (Å²) in [6, 6.07) is 14.1. The van der Waals surface area contributed by atoms with Crippen molar-refractivity contribution in [2.24, 2.45) is 0 Å². The lowest BCUT2D eigenvalue weighted by Gasteiger charge is -2.27. The van der Waals surface area contributed by atoms with E-state index in [0.717, 1.165) is 29.3 Å². The molecular weight excluding hydrogens is 420 g/mol. The molecule has 2 fully saturated rings. The highest BCUT2D eigenvalue weighted by atomic mass is 16.5. The van der Waals surface area contributed by atoms with E-state index in [9.17, 15) is 14.7 Å². The van der Waals surface area contributed by atoms with Gasteiger partial charge in [0.15, 0.2) is 0 Å². The first-order chi connectivity index (χ1) is 16.1. The van der Waals surface area contributed by atoms with Crippen molar-refractivity contribution >= 4 is 28.4 Å². The average Bonchev–Trinajstić information content (AvgIpc) is 3.55. The number of nitrogens with one attached hydrogen (secondary N) is 1. The number of nitrogens with zero attached hydrogens (tertiary/aromatic N) is 1. The molecule has 2 N–H and O–H groups in total. The fourth-order valence-electron chi connectivity index (χ4n) is 4.75. The fourth-order valence-corrected chi connectivity index (χ4v) is 4.75. The van der Waals surface area contributed by atoms with Gasteiger partial charge in [0, 0.05) is 35.8 Å². The molecule has 2 unspecified atom stereocenters. The third-order valence-electron chi connectivity index (χ3n) is 6.32. The number of carbonyl (C=O) groups is 2. The number of H-pyrrole nitrogens is 1. The van der Waals surface area contributed by atoms with Crippen molar-refractivity contribution in [3.63, 3.8) is 0 Å². The number of hydrogen-bond acceptors (Lipinski definition) is 5. The van der Waals surface area contributed by atoms with Crippen LogP contribution >= 0.6 is 0 Å². The van der Waals surface area contributed by atoms with Gasteiger partial charge in [-0.15, -0.1) is 0 Å². The third-order valence-corrected chi connectivity index (χ3v) is 6.32. The van der Waals surface area contributed by atoms with E-state index in [1.54, 1.807) is 6.20 Å². The minimum Gasteiger partial charge on any atom is -0.507 e. The molecule has 0 aliphatic carbocycles. The summed E-state index contributed by atoms with van der Waals surface area (Å²) in [7, 11) is 0. The van der Waals surface area contributed by atoms with Gasteiger partial charge in [0.25, 0.3) is 11.7 Å². The number of fused-ring (bicyclic) bond motifs is 1. The number of amides is 1. The minimum atomic E-state index is -0.710. The largest absolute Gasteiger partial charge is 0.507 e. The number of Topliss-reactive ketones (excluding diaryl/α,β-unsaturated/α-hetero) is 1. The van der Waals surface area contributed by atoms with Crippen LogP contribution in [-0.4, -0.2) is 52.5 Å².